The third-order valence-corrected chi connectivity index (χ3v) is 2.66. The molecule has 0 saturated carbocycles. The van der Waals surface area contributed by atoms with Crippen LogP contribution in [-0.4, -0.2) is 24.0 Å². The number of hydrogen-bond donors (Lipinski definition) is 0. The van der Waals surface area contributed by atoms with Gasteiger partial charge in [0.1, 0.15) is 0 Å². The monoisotopic (exact) mass is 199 g/mol. The minimum absolute atomic E-state index is 0.786. The molecule has 0 rings (SSSR count). The zero-order valence-corrected chi connectivity index (χ0v) is 11.0. The van der Waals surface area contributed by atoms with Crippen molar-refractivity contribution in [1.29, 1.82) is 0 Å². The van der Waals surface area contributed by atoms with Crippen LogP contribution in [0.25, 0.3) is 0 Å². The van der Waals surface area contributed by atoms with E-state index in [0.29, 0.717) is 0 Å². The first kappa shape index (κ1) is 14.0. The van der Waals surface area contributed by atoms with Crippen molar-refractivity contribution < 1.29 is 0 Å². The van der Waals surface area contributed by atoms with E-state index in [1.54, 1.807) is 0 Å². The molecule has 0 atom stereocenters. The summed E-state index contributed by atoms with van der Waals surface area (Å²) in [5, 5.41) is 0. The summed E-state index contributed by atoms with van der Waals surface area (Å²) in [5.74, 6) is 1.57. The van der Waals surface area contributed by atoms with Crippen LogP contribution in [-0.2, 0) is 0 Å². The van der Waals surface area contributed by atoms with Gasteiger partial charge in [-0.3, -0.25) is 4.90 Å². The van der Waals surface area contributed by atoms with E-state index in [0.717, 1.165) is 17.9 Å². The fourth-order valence-electron chi connectivity index (χ4n) is 2.12. The van der Waals surface area contributed by atoms with E-state index in [-0.39, 0.29) is 0 Å². The Morgan fingerprint density at radius 1 is 0.786 bits per heavy atom. The summed E-state index contributed by atoms with van der Waals surface area (Å²) in [7, 11) is 0. The molecule has 0 aromatic heterocycles. The maximum atomic E-state index is 2.68. The molecule has 0 aliphatic rings. The summed E-state index contributed by atoms with van der Waals surface area (Å²) < 4.78 is 0. The van der Waals surface area contributed by atoms with Gasteiger partial charge in [0.25, 0.3) is 0 Å². The molecule has 0 aliphatic carbocycles. The van der Waals surface area contributed by atoms with Crippen LogP contribution in [0.3, 0.4) is 0 Å². The second-order valence-corrected chi connectivity index (χ2v) is 5.21. The fraction of sp³-hybridized carbons (Fsp3) is 1.00. The molecule has 0 aliphatic heterocycles. The van der Waals surface area contributed by atoms with Gasteiger partial charge in [-0.15, -0.1) is 0 Å². The van der Waals surface area contributed by atoms with E-state index in [1.165, 1.54) is 25.9 Å². The van der Waals surface area contributed by atoms with Crippen LogP contribution in [0.4, 0.5) is 0 Å². The molecule has 0 unspecified atom stereocenters. The standard InChI is InChI=1S/C13H29N/c1-7-13(8-2)14(9-11(3)4)10-12(5)6/h11-13H,7-10H2,1-6H3. The average molecular weight is 199 g/mol. The van der Waals surface area contributed by atoms with E-state index in [1.807, 2.05) is 0 Å². The quantitative estimate of drug-likeness (QED) is 0.603. The third-order valence-electron chi connectivity index (χ3n) is 2.66. The minimum Gasteiger partial charge on any atom is -0.300 e. The lowest BCUT2D eigenvalue weighted by atomic mass is 10.1. The highest BCUT2D eigenvalue weighted by atomic mass is 15.2. The van der Waals surface area contributed by atoms with E-state index in [9.17, 15) is 0 Å². The normalized spacial score (nSPS) is 12.4. The van der Waals surface area contributed by atoms with Crippen LogP contribution < -0.4 is 0 Å². The number of rotatable bonds is 7. The lowest BCUT2D eigenvalue weighted by Crippen LogP contribution is -2.39. The second-order valence-electron chi connectivity index (χ2n) is 5.21. The molecular formula is C13H29N. The topological polar surface area (TPSA) is 3.24 Å². The van der Waals surface area contributed by atoms with Crippen molar-refractivity contribution in [3.05, 3.63) is 0 Å². The zero-order valence-electron chi connectivity index (χ0n) is 11.0. The van der Waals surface area contributed by atoms with Gasteiger partial charge < -0.3 is 0 Å². The summed E-state index contributed by atoms with van der Waals surface area (Å²) in [6, 6.07) is 0.791. The number of hydrogen-bond acceptors (Lipinski definition) is 1. The molecule has 86 valence electrons. The number of nitrogens with zero attached hydrogens (tertiary/aromatic N) is 1. The molecule has 0 heterocycles. The van der Waals surface area contributed by atoms with E-state index < -0.39 is 0 Å². The van der Waals surface area contributed by atoms with Crippen molar-refractivity contribution in [3.63, 3.8) is 0 Å². The Morgan fingerprint density at radius 2 is 1.14 bits per heavy atom. The molecule has 0 fully saturated rings. The second kappa shape index (κ2) is 7.28. The van der Waals surface area contributed by atoms with Crippen molar-refractivity contribution in [2.45, 2.75) is 60.4 Å². The SMILES string of the molecule is CCC(CC)N(CC(C)C)CC(C)C. The lowest BCUT2D eigenvalue weighted by molar-refractivity contribution is 0.148. The smallest absolute Gasteiger partial charge is 0.00902 e. The molecule has 0 aromatic carbocycles. The fourth-order valence-corrected chi connectivity index (χ4v) is 2.12. The largest absolute Gasteiger partial charge is 0.300 e. The summed E-state index contributed by atoms with van der Waals surface area (Å²) in [6.45, 7) is 16.4. The summed E-state index contributed by atoms with van der Waals surface area (Å²) in [6.07, 6.45) is 2.58. The lowest BCUT2D eigenvalue weighted by Gasteiger charge is -2.33. The maximum absolute atomic E-state index is 2.68. The molecule has 0 bridgehead atoms. The summed E-state index contributed by atoms with van der Waals surface area (Å²) >= 11 is 0. The first-order chi connectivity index (χ1) is 6.51. The Balaban J connectivity index is 4.20. The summed E-state index contributed by atoms with van der Waals surface area (Å²) in [4.78, 5) is 2.68. The highest BCUT2D eigenvalue weighted by molar-refractivity contribution is 4.71. The molecule has 0 saturated heterocycles. The first-order valence-corrected chi connectivity index (χ1v) is 6.25. The van der Waals surface area contributed by atoms with Gasteiger partial charge in [-0.25, -0.2) is 0 Å². The molecule has 0 radical (unpaired) electrons. The van der Waals surface area contributed by atoms with Crippen LogP contribution in [0.1, 0.15) is 54.4 Å². The molecule has 1 heteroatoms. The predicted molar refractivity (Wildman–Crippen MR) is 65.6 cm³/mol. The van der Waals surface area contributed by atoms with Gasteiger partial charge in [-0.05, 0) is 24.7 Å². The Morgan fingerprint density at radius 3 is 1.36 bits per heavy atom. The Labute approximate surface area is 90.9 Å². The maximum Gasteiger partial charge on any atom is 0.00902 e. The van der Waals surface area contributed by atoms with Crippen molar-refractivity contribution in [2.24, 2.45) is 11.8 Å². The van der Waals surface area contributed by atoms with Crippen molar-refractivity contribution in [2.75, 3.05) is 13.1 Å². The van der Waals surface area contributed by atoms with Crippen LogP contribution in [0.5, 0.6) is 0 Å². The van der Waals surface area contributed by atoms with Crippen LogP contribution in [0, 0.1) is 11.8 Å². The molecule has 0 aromatic rings. The van der Waals surface area contributed by atoms with Gasteiger partial charge in [0.15, 0.2) is 0 Å². The first-order valence-electron chi connectivity index (χ1n) is 6.25. The predicted octanol–water partition coefficient (Wildman–Crippen LogP) is 3.79. The highest BCUT2D eigenvalue weighted by Gasteiger charge is 2.16. The van der Waals surface area contributed by atoms with Gasteiger partial charge >= 0.3 is 0 Å². The van der Waals surface area contributed by atoms with Gasteiger partial charge in [-0.1, -0.05) is 41.5 Å². The Hall–Kier alpha value is -0.0400. The van der Waals surface area contributed by atoms with E-state index in [2.05, 4.69) is 46.4 Å². The molecule has 14 heavy (non-hydrogen) atoms. The van der Waals surface area contributed by atoms with Crippen LogP contribution in [0.2, 0.25) is 0 Å². The van der Waals surface area contributed by atoms with Crippen LogP contribution >= 0.6 is 0 Å². The van der Waals surface area contributed by atoms with Gasteiger partial charge in [-0.2, -0.15) is 0 Å². The average Bonchev–Trinajstić information content (AvgIpc) is 2.03. The van der Waals surface area contributed by atoms with E-state index in [4.69, 9.17) is 0 Å². The molecular weight excluding hydrogens is 170 g/mol. The third kappa shape index (κ3) is 5.64. The van der Waals surface area contributed by atoms with Crippen molar-refractivity contribution in [3.8, 4) is 0 Å². The molecule has 0 amide bonds. The minimum atomic E-state index is 0.786. The molecule has 0 N–H and O–H groups in total. The van der Waals surface area contributed by atoms with Gasteiger partial charge in [0.2, 0.25) is 0 Å². The van der Waals surface area contributed by atoms with Gasteiger partial charge in [0, 0.05) is 19.1 Å². The van der Waals surface area contributed by atoms with Crippen molar-refractivity contribution >= 4 is 0 Å². The van der Waals surface area contributed by atoms with Gasteiger partial charge in [0.05, 0.1) is 0 Å². The Bertz CT molecular complexity index is 115. The van der Waals surface area contributed by atoms with Crippen LogP contribution in [0.15, 0.2) is 0 Å². The molecule has 0 spiro atoms. The zero-order chi connectivity index (χ0) is 11.1. The Kier molecular flexibility index (Phi) is 7.26. The molecule has 1 nitrogen and oxygen atoms in total. The highest BCUT2D eigenvalue weighted by Crippen LogP contribution is 2.13. The summed E-state index contributed by atoms with van der Waals surface area (Å²) in [5.41, 5.74) is 0. The van der Waals surface area contributed by atoms with Crippen molar-refractivity contribution in [1.82, 2.24) is 4.90 Å². The van der Waals surface area contributed by atoms with E-state index >= 15 is 0 Å².